The van der Waals surface area contributed by atoms with Crippen molar-refractivity contribution in [3.05, 3.63) is 35.4 Å². The molecule has 1 aromatic carbocycles. The van der Waals surface area contributed by atoms with Crippen LogP contribution in [0.25, 0.3) is 0 Å². The van der Waals surface area contributed by atoms with Crippen LogP contribution in [0.3, 0.4) is 0 Å². The van der Waals surface area contributed by atoms with E-state index in [0.717, 1.165) is 44.5 Å². The van der Waals surface area contributed by atoms with E-state index in [1.54, 1.807) is 6.07 Å². The summed E-state index contributed by atoms with van der Waals surface area (Å²) < 4.78 is 0. The minimum Gasteiger partial charge on any atom is -0.355 e. The maximum atomic E-state index is 12.5. The van der Waals surface area contributed by atoms with Crippen LogP contribution in [0.15, 0.2) is 24.3 Å². The average Bonchev–Trinajstić information content (AvgIpc) is 2.59. The van der Waals surface area contributed by atoms with E-state index in [-0.39, 0.29) is 17.7 Å². The summed E-state index contributed by atoms with van der Waals surface area (Å²) in [5, 5.41) is 5.83. The summed E-state index contributed by atoms with van der Waals surface area (Å²) in [7, 11) is 0. The van der Waals surface area contributed by atoms with E-state index in [2.05, 4.69) is 29.4 Å². The standard InChI is InChI=1S/C19H29N3O2/c1-3-11-22(12-4-2)13-7-10-20-19(24)17-14-21-18(23)16-9-6-5-8-15(16)17/h5-6,8-9,17H,3-4,7,10-14H2,1-2H3,(H,20,24)(H,21,23). The molecule has 1 aliphatic rings. The highest BCUT2D eigenvalue weighted by atomic mass is 16.2. The summed E-state index contributed by atoms with van der Waals surface area (Å²) in [6, 6.07) is 7.36. The third kappa shape index (κ3) is 4.81. The third-order valence-electron chi connectivity index (χ3n) is 4.39. The molecule has 1 heterocycles. The minimum atomic E-state index is -0.290. The average molecular weight is 331 g/mol. The Labute approximate surface area is 144 Å². The number of amides is 2. The number of hydrogen-bond acceptors (Lipinski definition) is 3. The quantitative estimate of drug-likeness (QED) is 0.682. The van der Waals surface area contributed by atoms with Crippen molar-refractivity contribution in [1.29, 1.82) is 0 Å². The topological polar surface area (TPSA) is 61.4 Å². The molecule has 0 saturated heterocycles. The molecular weight excluding hydrogens is 302 g/mol. The number of rotatable bonds is 9. The van der Waals surface area contributed by atoms with Crippen molar-refractivity contribution in [3.8, 4) is 0 Å². The fourth-order valence-corrected chi connectivity index (χ4v) is 3.25. The number of carbonyl (C=O) groups is 2. The highest BCUT2D eigenvalue weighted by Gasteiger charge is 2.29. The largest absolute Gasteiger partial charge is 0.355 e. The molecule has 2 N–H and O–H groups in total. The zero-order chi connectivity index (χ0) is 17.4. The Morgan fingerprint density at radius 3 is 2.62 bits per heavy atom. The van der Waals surface area contributed by atoms with Crippen LogP contribution in [0.4, 0.5) is 0 Å². The maximum absolute atomic E-state index is 12.5. The molecule has 1 aliphatic heterocycles. The van der Waals surface area contributed by atoms with Gasteiger partial charge in [-0.3, -0.25) is 9.59 Å². The molecular formula is C19H29N3O2. The van der Waals surface area contributed by atoms with Crippen molar-refractivity contribution >= 4 is 11.8 Å². The Morgan fingerprint density at radius 1 is 1.21 bits per heavy atom. The van der Waals surface area contributed by atoms with E-state index in [9.17, 15) is 9.59 Å². The molecule has 0 aliphatic carbocycles. The van der Waals surface area contributed by atoms with E-state index in [0.29, 0.717) is 18.7 Å². The molecule has 1 unspecified atom stereocenters. The summed E-state index contributed by atoms with van der Waals surface area (Å²) in [6.45, 7) is 8.68. The molecule has 132 valence electrons. The first-order valence-corrected chi connectivity index (χ1v) is 9.04. The van der Waals surface area contributed by atoms with Gasteiger partial charge in [-0.2, -0.15) is 0 Å². The van der Waals surface area contributed by atoms with Gasteiger partial charge in [-0.1, -0.05) is 32.0 Å². The molecule has 0 radical (unpaired) electrons. The van der Waals surface area contributed by atoms with Gasteiger partial charge in [0, 0.05) is 18.7 Å². The highest BCUT2D eigenvalue weighted by molar-refractivity contribution is 6.00. The summed E-state index contributed by atoms with van der Waals surface area (Å²) in [5.74, 6) is -0.384. The molecule has 0 bridgehead atoms. The molecule has 1 atom stereocenters. The van der Waals surface area contributed by atoms with E-state index < -0.39 is 0 Å². The lowest BCUT2D eigenvalue weighted by Crippen LogP contribution is -2.42. The predicted molar refractivity (Wildman–Crippen MR) is 96.2 cm³/mol. The molecule has 5 nitrogen and oxygen atoms in total. The smallest absolute Gasteiger partial charge is 0.251 e. The fraction of sp³-hybridized carbons (Fsp3) is 0.579. The maximum Gasteiger partial charge on any atom is 0.251 e. The van der Waals surface area contributed by atoms with Crippen LogP contribution in [0.2, 0.25) is 0 Å². The van der Waals surface area contributed by atoms with E-state index in [4.69, 9.17) is 0 Å². The molecule has 0 saturated carbocycles. The lowest BCUT2D eigenvalue weighted by Gasteiger charge is -2.25. The summed E-state index contributed by atoms with van der Waals surface area (Å²) in [4.78, 5) is 26.8. The van der Waals surface area contributed by atoms with Crippen molar-refractivity contribution in [2.24, 2.45) is 0 Å². The zero-order valence-corrected chi connectivity index (χ0v) is 14.8. The Balaban J connectivity index is 1.83. The second kappa shape index (κ2) is 9.42. The zero-order valence-electron chi connectivity index (χ0n) is 14.8. The van der Waals surface area contributed by atoms with Crippen LogP contribution in [0.1, 0.15) is 54.9 Å². The first-order valence-electron chi connectivity index (χ1n) is 9.04. The molecule has 2 rings (SSSR count). The van der Waals surface area contributed by atoms with Gasteiger partial charge in [-0.25, -0.2) is 0 Å². The number of benzene rings is 1. The SMILES string of the molecule is CCCN(CCC)CCCNC(=O)C1CNC(=O)c2ccccc21. The van der Waals surface area contributed by atoms with Gasteiger partial charge in [0.2, 0.25) is 5.91 Å². The Kier molecular flexibility index (Phi) is 7.25. The van der Waals surface area contributed by atoms with E-state index in [1.807, 2.05) is 18.2 Å². The van der Waals surface area contributed by atoms with Gasteiger partial charge in [0.25, 0.3) is 5.91 Å². The number of carbonyl (C=O) groups excluding carboxylic acids is 2. The normalized spacial score (nSPS) is 16.6. The fourth-order valence-electron chi connectivity index (χ4n) is 3.25. The Hall–Kier alpha value is -1.88. The van der Waals surface area contributed by atoms with Crippen molar-refractivity contribution in [3.63, 3.8) is 0 Å². The van der Waals surface area contributed by atoms with E-state index >= 15 is 0 Å². The molecule has 2 amide bonds. The molecule has 0 fully saturated rings. The van der Waals surface area contributed by atoms with Gasteiger partial charge in [-0.15, -0.1) is 0 Å². The molecule has 0 spiro atoms. The Morgan fingerprint density at radius 2 is 1.92 bits per heavy atom. The van der Waals surface area contributed by atoms with Crippen LogP contribution >= 0.6 is 0 Å². The number of fused-ring (bicyclic) bond motifs is 1. The molecule has 24 heavy (non-hydrogen) atoms. The van der Waals surface area contributed by atoms with Crippen molar-refractivity contribution in [2.75, 3.05) is 32.7 Å². The monoisotopic (exact) mass is 331 g/mol. The number of hydrogen-bond donors (Lipinski definition) is 2. The van der Waals surface area contributed by atoms with Gasteiger partial charge in [0.1, 0.15) is 0 Å². The second-order valence-corrected chi connectivity index (χ2v) is 6.34. The van der Waals surface area contributed by atoms with Gasteiger partial charge >= 0.3 is 0 Å². The van der Waals surface area contributed by atoms with Gasteiger partial charge in [-0.05, 0) is 50.5 Å². The summed E-state index contributed by atoms with van der Waals surface area (Å²) >= 11 is 0. The lowest BCUT2D eigenvalue weighted by atomic mass is 9.90. The van der Waals surface area contributed by atoms with Gasteiger partial charge in [0.15, 0.2) is 0 Å². The first-order chi connectivity index (χ1) is 11.7. The molecule has 5 heteroatoms. The molecule has 0 aromatic heterocycles. The number of nitrogens with one attached hydrogen (secondary N) is 2. The number of nitrogens with zero attached hydrogens (tertiary/aromatic N) is 1. The minimum absolute atomic E-state index is 0.0000157. The van der Waals surface area contributed by atoms with Gasteiger partial charge < -0.3 is 15.5 Å². The lowest BCUT2D eigenvalue weighted by molar-refractivity contribution is -0.122. The van der Waals surface area contributed by atoms with Crippen molar-refractivity contribution < 1.29 is 9.59 Å². The highest BCUT2D eigenvalue weighted by Crippen LogP contribution is 2.23. The van der Waals surface area contributed by atoms with Crippen molar-refractivity contribution in [2.45, 2.75) is 39.0 Å². The van der Waals surface area contributed by atoms with Crippen LogP contribution in [-0.2, 0) is 4.79 Å². The van der Waals surface area contributed by atoms with Crippen molar-refractivity contribution in [1.82, 2.24) is 15.5 Å². The van der Waals surface area contributed by atoms with Crippen LogP contribution in [0.5, 0.6) is 0 Å². The van der Waals surface area contributed by atoms with Crippen LogP contribution in [0, 0.1) is 0 Å². The summed E-state index contributed by atoms with van der Waals surface area (Å²) in [5.41, 5.74) is 1.44. The second-order valence-electron chi connectivity index (χ2n) is 6.34. The third-order valence-corrected chi connectivity index (χ3v) is 4.39. The van der Waals surface area contributed by atoms with Crippen LogP contribution < -0.4 is 10.6 Å². The Bertz CT molecular complexity index is 553. The van der Waals surface area contributed by atoms with Crippen LogP contribution in [-0.4, -0.2) is 49.4 Å². The van der Waals surface area contributed by atoms with E-state index in [1.165, 1.54) is 0 Å². The first kappa shape index (κ1) is 18.5. The van der Waals surface area contributed by atoms with Gasteiger partial charge in [0.05, 0.1) is 5.92 Å². The summed E-state index contributed by atoms with van der Waals surface area (Å²) in [6.07, 6.45) is 3.27. The molecule has 1 aromatic rings. The predicted octanol–water partition coefficient (Wildman–Crippen LogP) is 2.14.